The second-order valence-corrected chi connectivity index (χ2v) is 4.53. The summed E-state index contributed by atoms with van der Waals surface area (Å²) in [7, 11) is 0. The van der Waals surface area contributed by atoms with Crippen molar-refractivity contribution >= 4 is 11.8 Å². The Balaban J connectivity index is 1.90. The molecule has 0 aliphatic carbocycles. The number of esters is 1. The Bertz CT molecular complexity index is 430. The molecule has 1 aromatic carbocycles. The van der Waals surface area contributed by atoms with Crippen LogP contribution < -0.4 is 5.32 Å². The molecular weight excluding hydrogens is 230 g/mol. The van der Waals surface area contributed by atoms with Gasteiger partial charge in [0.1, 0.15) is 18.4 Å². The van der Waals surface area contributed by atoms with Crippen LogP contribution in [0.4, 0.5) is 0 Å². The second kappa shape index (κ2) is 5.78. The van der Waals surface area contributed by atoms with Gasteiger partial charge in [-0.25, -0.2) is 0 Å². The van der Waals surface area contributed by atoms with Gasteiger partial charge >= 0.3 is 5.97 Å². The Kier molecular flexibility index (Phi) is 4.10. The van der Waals surface area contributed by atoms with Crippen molar-refractivity contribution in [1.82, 2.24) is 5.32 Å². The van der Waals surface area contributed by atoms with E-state index in [9.17, 15) is 9.59 Å². The topological polar surface area (TPSA) is 55.4 Å². The van der Waals surface area contributed by atoms with Crippen LogP contribution in [0.1, 0.15) is 18.9 Å². The molecule has 4 heteroatoms. The first-order valence-corrected chi connectivity index (χ1v) is 6.13. The Labute approximate surface area is 106 Å². The molecule has 1 heterocycles. The molecule has 1 fully saturated rings. The minimum Gasteiger partial charge on any atom is -0.460 e. The number of benzene rings is 1. The highest BCUT2D eigenvalue weighted by molar-refractivity contribution is 5.88. The zero-order chi connectivity index (χ0) is 13.0. The van der Waals surface area contributed by atoms with E-state index in [2.05, 4.69) is 5.32 Å². The van der Waals surface area contributed by atoms with Crippen molar-refractivity contribution in [1.29, 1.82) is 0 Å². The molecule has 4 nitrogen and oxygen atoms in total. The van der Waals surface area contributed by atoms with Crippen molar-refractivity contribution in [3.05, 3.63) is 35.9 Å². The van der Waals surface area contributed by atoms with E-state index in [0.29, 0.717) is 13.0 Å². The minimum atomic E-state index is -0.480. The van der Waals surface area contributed by atoms with E-state index in [1.54, 1.807) is 0 Å². The van der Waals surface area contributed by atoms with Crippen LogP contribution in [0.3, 0.4) is 0 Å². The van der Waals surface area contributed by atoms with Gasteiger partial charge in [0.05, 0.1) is 0 Å². The van der Waals surface area contributed by atoms with Gasteiger partial charge in [-0.3, -0.25) is 9.59 Å². The van der Waals surface area contributed by atoms with Gasteiger partial charge in [0, 0.05) is 5.92 Å². The van der Waals surface area contributed by atoms with Crippen LogP contribution in [-0.4, -0.2) is 24.3 Å². The van der Waals surface area contributed by atoms with Gasteiger partial charge in [0.2, 0.25) is 0 Å². The third kappa shape index (κ3) is 2.96. The number of carbonyl (C=O) groups is 2. The molecule has 0 saturated carbocycles. The molecule has 1 N–H and O–H groups in total. The van der Waals surface area contributed by atoms with Crippen molar-refractivity contribution < 1.29 is 14.3 Å². The molecule has 2 rings (SSSR count). The Morgan fingerprint density at radius 1 is 1.33 bits per heavy atom. The van der Waals surface area contributed by atoms with Gasteiger partial charge < -0.3 is 10.1 Å². The average molecular weight is 247 g/mol. The Hall–Kier alpha value is -1.68. The number of nitrogens with one attached hydrogen (secondary N) is 1. The number of carbonyl (C=O) groups excluding carboxylic acids is 2. The van der Waals surface area contributed by atoms with Gasteiger partial charge in [-0.15, -0.1) is 0 Å². The molecule has 0 spiro atoms. The summed E-state index contributed by atoms with van der Waals surface area (Å²) in [6.45, 7) is 2.47. The maximum Gasteiger partial charge on any atom is 0.324 e. The lowest BCUT2D eigenvalue weighted by Crippen LogP contribution is -2.39. The molecule has 2 atom stereocenters. The number of hydrogen-bond acceptors (Lipinski definition) is 4. The van der Waals surface area contributed by atoms with Crippen molar-refractivity contribution in [3.8, 4) is 0 Å². The van der Waals surface area contributed by atoms with Crippen molar-refractivity contribution in [2.75, 3.05) is 6.54 Å². The van der Waals surface area contributed by atoms with E-state index >= 15 is 0 Å². The molecule has 1 aliphatic heterocycles. The summed E-state index contributed by atoms with van der Waals surface area (Å²) in [5.74, 6) is -0.536. The minimum absolute atomic E-state index is 0.0432. The second-order valence-electron chi connectivity index (χ2n) is 4.53. The predicted molar refractivity (Wildman–Crippen MR) is 66.8 cm³/mol. The van der Waals surface area contributed by atoms with E-state index in [4.69, 9.17) is 4.74 Å². The van der Waals surface area contributed by atoms with E-state index < -0.39 is 6.04 Å². The summed E-state index contributed by atoms with van der Waals surface area (Å²) in [4.78, 5) is 23.3. The lowest BCUT2D eigenvalue weighted by Gasteiger charge is -2.15. The fourth-order valence-electron chi connectivity index (χ4n) is 2.21. The standard InChI is InChI=1S/C14H17NO3/c1-10(16)12-7-8-15-13(12)14(17)18-9-11-5-3-2-4-6-11/h2-6,12-13,15H,7-9H2,1H3/t12?,13-/m0/s1. The first-order chi connectivity index (χ1) is 8.68. The molecule has 96 valence electrons. The maximum atomic E-state index is 11.9. The molecule has 18 heavy (non-hydrogen) atoms. The monoisotopic (exact) mass is 247 g/mol. The predicted octanol–water partition coefficient (Wildman–Crippen LogP) is 1.30. The third-order valence-electron chi connectivity index (χ3n) is 3.22. The smallest absolute Gasteiger partial charge is 0.324 e. The average Bonchev–Trinajstić information content (AvgIpc) is 2.86. The largest absolute Gasteiger partial charge is 0.460 e. The summed E-state index contributed by atoms with van der Waals surface area (Å²) in [5, 5.41) is 3.03. The van der Waals surface area contributed by atoms with Gasteiger partial charge in [0.15, 0.2) is 0 Å². The number of Topliss-reactive ketones (excluding diaryl/α,β-unsaturated/α-hetero) is 1. The molecule has 0 aromatic heterocycles. The zero-order valence-electron chi connectivity index (χ0n) is 10.4. The van der Waals surface area contributed by atoms with Crippen LogP contribution in [0.2, 0.25) is 0 Å². The van der Waals surface area contributed by atoms with E-state index in [1.807, 2.05) is 30.3 Å². The summed E-state index contributed by atoms with van der Waals surface area (Å²) >= 11 is 0. The highest BCUT2D eigenvalue weighted by atomic mass is 16.5. The zero-order valence-corrected chi connectivity index (χ0v) is 10.4. The summed E-state index contributed by atoms with van der Waals surface area (Å²) < 4.78 is 5.24. The quantitative estimate of drug-likeness (QED) is 0.815. The van der Waals surface area contributed by atoms with Crippen LogP contribution in [0.25, 0.3) is 0 Å². The van der Waals surface area contributed by atoms with Crippen molar-refractivity contribution in [2.45, 2.75) is 26.0 Å². The van der Waals surface area contributed by atoms with Gasteiger partial charge in [-0.05, 0) is 25.5 Å². The lowest BCUT2D eigenvalue weighted by molar-refractivity contribution is -0.149. The number of hydrogen-bond donors (Lipinski definition) is 1. The molecule has 1 unspecified atom stereocenters. The normalized spacial score (nSPS) is 22.7. The maximum absolute atomic E-state index is 11.9. The van der Waals surface area contributed by atoms with Crippen LogP contribution >= 0.6 is 0 Å². The highest BCUT2D eigenvalue weighted by Gasteiger charge is 2.36. The lowest BCUT2D eigenvalue weighted by atomic mass is 9.97. The molecule has 0 radical (unpaired) electrons. The number of rotatable bonds is 4. The van der Waals surface area contributed by atoms with Gasteiger partial charge in [-0.2, -0.15) is 0 Å². The van der Waals surface area contributed by atoms with E-state index in [-0.39, 0.29) is 24.3 Å². The Morgan fingerprint density at radius 2 is 2.06 bits per heavy atom. The highest BCUT2D eigenvalue weighted by Crippen LogP contribution is 2.18. The van der Waals surface area contributed by atoms with Crippen LogP contribution in [0.5, 0.6) is 0 Å². The Morgan fingerprint density at radius 3 is 2.72 bits per heavy atom. The molecular formula is C14H17NO3. The summed E-state index contributed by atoms with van der Waals surface area (Å²) in [6, 6.07) is 9.03. The molecule has 1 aromatic rings. The fourth-order valence-corrected chi connectivity index (χ4v) is 2.21. The van der Waals surface area contributed by atoms with Gasteiger partial charge in [0.25, 0.3) is 0 Å². The van der Waals surface area contributed by atoms with Crippen LogP contribution in [0, 0.1) is 5.92 Å². The van der Waals surface area contributed by atoms with Crippen LogP contribution in [-0.2, 0) is 20.9 Å². The number of ether oxygens (including phenoxy) is 1. The molecule has 1 saturated heterocycles. The van der Waals surface area contributed by atoms with E-state index in [0.717, 1.165) is 5.56 Å². The van der Waals surface area contributed by atoms with Crippen molar-refractivity contribution in [2.24, 2.45) is 5.92 Å². The first kappa shape index (κ1) is 12.8. The number of ketones is 1. The van der Waals surface area contributed by atoms with Crippen molar-refractivity contribution in [3.63, 3.8) is 0 Å². The third-order valence-corrected chi connectivity index (χ3v) is 3.22. The summed E-state index contributed by atoms with van der Waals surface area (Å²) in [5.41, 5.74) is 0.947. The molecule has 1 aliphatic rings. The SMILES string of the molecule is CC(=O)C1CCN[C@@H]1C(=O)OCc1ccccc1. The van der Waals surface area contributed by atoms with Crippen LogP contribution in [0.15, 0.2) is 30.3 Å². The van der Waals surface area contributed by atoms with E-state index in [1.165, 1.54) is 6.92 Å². The first-order valence-electron chi connectivity index (χ1n) is 6.13. The molecule has 0 amide bonds. The fraction of sp³-hybridized carbons (Fsp3) is 0.429. The van der Waals surface area contributed by atoms with Gasteiger partial charge in [-0.1, -0.05) is 30.3 Å². The molecule has 0 bridgehead atoms. The summed E-state index contributed by atoms with van der Waals surface area (Å²) in [6.07, 6.45) is 0.709.